The molecule has 1 N–H and O–H groups in total. The summed E-state index contributed by atoms with van der Waals surface area (Å²) in [6, 6.07) is 8.33. The van der Waals surface area contributed by atoms with Gasteiger partial charge >= 0.3 is 0 Å². The van der Waals surface area contributed by atoms with Crippen LogP contribution in [0.4, 0.5) is 0 Å². The first kappa shape index (κ1) is 13.1. The zero-order chi connectivity index (χ0) is 14.2. The predicted molar refractivity (Wildman–Crippen MR) is 74.6 cm³/mol. The van der Waals surface area contributed by atoms with E-state index in [1.54, 1.807) is 0 Å². The van der Waals surface area contributed by atoms with E-state index in [2.05, 4.69) is 35.4 Å². The summed E-state index contributed by atoms with van der Waals surface area (Å²) in [7, 11) is 0. The third kappa shape index (κ3) is 2.41. The molecule has 0 saturated carbocycles. The van der Waals surface area contributed by atoms with E-state index >= 15 is 0 Å². The maximum atomic E-state index is 6.00. The molecule has 0 spiro atoms. The molecule has 0 aliphatic carbocycles. The summed E-state index contributed by atoms with van der Waals surface area (Å²) in [4.78, 5) is 4.21. The third-order valence-electron chi connectivity index (χ3n) is 3.56. The highest BCUT2D eigenvalue weighted by Gasteiger charge is 2.40. The van der Waals surface area contributed by atoms with Gasteiger partial charge in [-0.25, -0.2) is 0 Å². The van der Waals surface area contributed by atoms with Crippen LogP contribution in [0, 0.1) is 6.92 Å². The van der Waals surface area contributed by atoms with Gasteiger partial charge in [-0.05, 0) is 26.8 Å². The van der Waals surface area contributed by atoms with Gasteiger partial charge in [0.15, 0.2) is 5.82 Å². The van der Waals surface area contributed by atoms with Gasteiger partial charge in [-0.15, -0.1) is 0 Å². The van der Waals surface area contributed by atoms with Gasteiger partial charge in [-0.1, -0.05) is 23.4 Å². The Kier molecular flexibility index (Phi) is 3.22. The summed E-state index contributed by atoms with van der Waals surface area (Å²) >= 11 is 0. The van der Waals surface area contributed by atoms with Gasteiger partial charge in [0.05, 0.1) is 6.04 Å². The maximum Gasteiger partial charge on any atom is 0.227 e. The summed E-state index contributed by atoms with van der Waals surface area (Å²) in [6.45, 7) is 6.79. The minimum Gasteiger partial charge on any atom is -0.486 e. The lowest BCUT2D eigenvalue weighted by Crippen LogP contribution is -2.39. The minimum atomic E-state index is -0.256. The number of aromatic nitrogens is 2. The molecule has 1 aromatic heterocycles. The van der Waals surface area contributed by atoms with E-state index in [0.29, 0.717) is 11.7 Å². The number of benzene rings is 1. The molecule has 1 aliphatic rings. The molecular weight excluding hydrogens is 254 g/mol. The Morgan fingerprint density at radius 2 is 2.10 bits per heavy atom. The lowest BCUT2D eigenvalue weighted by atomic mass is 9.94. The van der Waals surface area contributed by atoms with Crippen LogP contribution in [-0.2, 0) is 6.42 Å². The van der Waals surface area contributed by atoms with Crippen LogP contribution in [0.1, 0.15) is 37.2 Å². The predicted octanol–water partition coefficient (Wildman–Crippen LogP) is 2.42. The van der Waals surface area contributed by atoms with E-state index in [1.807, 2.05) is 25.1 Å². The Morgan fingerprint density at radius 3 is 2.85 bits per heavy atom. The lowest BCUT2D eigenvalue weighted by Gasteiger charge is -2.27. The van der Waals surface area contributed by atoms with Crippen LogP contribution in [-0.4, -0.2) is 22.3 Å². The molecule has 106 valence electrons. The second-order valence-electron chi connectivity index (χ2n) is 5.62. The van der Waals surface area contributed by atoms with Gasteiger partial charge in [-0.2, -0.15) is 4.98 Å². The number of hydrogen-bond acceptors (Lipinski definition) is 5. The topological polar surface area (TPSA) is 60.2 Å². The fourth-order valence-corrected chi connectivity index (χ4v) is 2.65. The molecule has 0 amide bonds. The average Bonchev–Trinajstić information content (AvgIpc) is 2.91. The SMILES string of the molecule is Cc1noc(CCNC2c3ccccc3OC2(C)C)n1. The van der Waals surface area contributed by atoms with Crippen LogP contribution < -0.4 is 10.1 Å². The van der Waals surface area contributed by atoms with Crippen LogP contribution in [0.15, 0.2) is 28.8 Å². The molecule has 2 aromatic rings. The summed E-state index contributed by atoms with van der Waals surface area (Å²) in [5.74, 6) is 2.30. The Balaban J connectivity index is 1.67. The third-order valence-corrected chi connectivity index (χ3v) is 3.56. The first-order valence-corrected chi connectivity index (χ1v) is 6.87. The first-order chi connectivity index (χ1) is 9.56. The Hall–Kier alpha value is -1.88. The molecule has 20 heavy (non-hydrogen) atoms. The van der Waals surface area contributed by atoms with Gasteiger partial charge in [0, 0.05) is 18.5 Å². The minimum absolute atomic E-state index is 0.169. The Bertz CT molecular complexity index is 607. The quantitative estimate of drug-likeness (QED) is 0.927. The molecule has 1 atom stereocenters. The van der Waals surface area contributed by atoms with E-state index in [1.165, 1.54) is 5.56 Å². The van der Waals surface area contributed by atoms with Crippen molar-refractivity contribution in [1.82, 2.24) is 15.5 Å². The zero-order valence-corrected chi connectivity index (χ0v) is 12.0. The Labute approximate surface area is 118 Å². The summed E-state index contributed by atoms with van der Waals surface area (Å²) < 4.78 is 11.1. The monoisotopic (exact) mass is 273 g/mol. The van der Waals surface area contributed by atoms with Crippen LogP contribution in [0.2, 0.25) is 0 Å². The smallest absolute Gasteiger partial charge is 0.227 e. The van der Waals surface area contributed by atoms with Crippen LogP contribution >= 0.6 is 0 Å². The molecule has 1 aromatic carbocycles. The molecule has 5 heteroatoms. The highest BCUT2D eigenvalue weighted by molar-refractivity contribution is 5.42. The van der Waals surface area contributed by atoms with Crippen LogP contribution in [0.5, 0.6) is 5.75 Å². The van der Waals surface area contributed by atoms with E-state index in [4.69, 9.17) is 9.26 Å². The molecule has 2 heterocycles. The molecule has 0 saturated heterocycles. The molecule has 0 bridgehead atoms. The van der Waals surface area contributed by atoms with Gasteiger partial charge in [0.25, 0.3) is 0 Å². The molecule has 5 nitrogen and oxygen atoms in total. The van der Waals surface area contributed by atoms with Gasteiger partial charge in [0.2, 0.25) is 5.89 Å². The number of nitrogens with zero attached hydrogens (tertiary/aromatic N) is 2. The average molecular weight is 273 g/mol. The molecule has 1 unspecified atom stereocenters. The molecule has 1 aliphatic heterocycles. The number of para-hydroxylation sites is 1. The lowest BCUT2D eigenvalue weighted by molar-refractivity contribution is 0.0965. The number of nitrogens with one attached hydrogen (secondary N) is 1. The van der Waals surface area contributed by atoms with Gasteiger partial charge in [0.1, 0.15) is 11.4 Å². The normalized spacial score (nSPS) is 19.6. The van der Waals surface area contributed by atoms with Gasteiger partial charge in [-0.3, -0.25) is 0 Å². The second kappa shape index (κ2) is 4.90. The van der Waals surface area contributed by atoms with Crippen molar-refractivity contribution in [2.24, 2.45) is 0 Å². The van der Waals surface area contributed by atoms with Crippen molar-refractivity contribution in [1.29, 1.82) is 0 Å². The number of ether oxygens (including phenoxy) is 1. The maximum absolute atomic E-state index is 6.00. The molecule has 0 radical (unpaired) electrons. The van der Waals surface area contributed by atoms with Crippen molar-refractivity contribution in [2.75, 3.05) is 6.54 Å². The van der Waals surface area contributed by atoms with Crippen molar-refractivity contribution < 1.29 is 9.26 Å². The zero-order valence-electron chi connectivity index (χ0n) is 12.0. The first-order valence-electron chi connectivity index (χ1n) is 6.87. The molecule has 3 rings (SSSR count). The number of fused-ring (bicyclic) bond motifs is 1. The summed E-state index contributed by atoms with van der Waals surface area (Å²) in [5.41, 5.74) is 0.952. The summed E-state index contributed by atoms with van der Waals surface area (Å²) in [5, 5.41) is 7.33. The van der Waals surface area contributed by atoms with E-state index in [0.717, 1.165) is 18.7 Å². The fraction of sp³-hybridized carbons (Fsp3) is 0.467. The largest absolute Gasteiger partial charge is 0.486 e. The highest BCUT2D eigenvalue weighted by atomic mass is 16.5. The second-order valence-corrected chi connectivity index (χ2v) is 5.62. The highest BCUT2D eigenvalue weighted by Crippen LogP contribution is 2.42. The van der Waals surface area contributed by atoms with E-state index < -0.39 is 0 Å². The molecular formula is C15H19N3O2. The standard InChI is InChI=1S/C15H19N3O2/c1-10-17-13(20-18-10)8-9-16-14-11-6-4-5-7-12(11)19-15(14,2)3/h4-7,14,16H,8-9H2,1-3H3. The van der Waals surface area contributed by atoms with E-state index in [-0.39, 0.29) is 11.6 Å². The molecule has 0 fully saturated rings. The van der Waals surface area contributed by atoms with Crippen molar-refractivity contribution in [3.05, 3.63) is 41.5 Å². The fourth-order valence-electron chi connectivity index (χ4n) is 2.65. The van der Waals surface area contributed by atoms with Crippen molar-refractivity contribution in [3.63, 3.8) is 0 Å². The Morgan fingerprint density at radius 1 is 1.30 bits per heavy atom. The summed E-state index contributed by atoms with van der Waals surface area (Å²) in [6.07, 6.45) is 0.718. The van der Waals surface area contributed by atoms with Crippen molar-refractivity contribution in [3.8, 4) is 5.75 Å². The number of rotatable bonds is 4. The van der Waals surface area contributed by atoms with Gasteiger partial charge < -0.3 is 14.6 Å². The number of aryl methyl sites for hydroxylation is 1. The van der Waals surface area contributed by atoms with Crippen LogP contribution in [0.3, 0.4) is 0 Å². The van der Waals surface area contributed by atoms with E-state index in [9.17, 15) is 0 Å². The van der Waals surface area contributed by atoms with Crippen LogP contribution in [0.25, 0.3) is 0 Å². The number of hydrogen-bond donors (Lipinski definition) is 1. The van der Waals surface area contributed by atoms with Crippen molar-refractivity contribution in [2.45, 2.75) is 38.8 Å². The van der Waals surface area contributed by atoms with Crippen molar-refractivity contribution >= 4 is 0 Å².